The van der Waals surface area contributed by atoms with E-state index in [1.807, 2.05) is 11.8 Å². The number of halogens is 2. The molecule has 2 fully saturated rings. The molecule has 4 heterocycles. The number of ether oxygens (including phenoxy) is 2. The van der Waals surface area contributed by atoms with E-state index in [0.29, 0.717) is 63.5 Å². The minimum atomic E-state index is -2.69. The van der Waals surface area contributed by atoms with Crippen LogP contribution in [0.1, 0.15) is 18.9 Å². The Balaban J connectivity index is 1.81. The summed E-state index contributed by atoms with van der Waals surface area (Å²) < 4.78 is 38.3. The molecule has 2 N–H and O–H groups in total. The number of aromatic nitrogens is 3. The maximum atomic E-state index is 13.7. The second-order valence-corrected chi connectivity index (χ2v) is 7.13. The summed E-state index contributed by atoms with van der Waals surface area (Å²) in [6.07, 6.45) is -1.34. The van der Waals surface area contributed by atoms with E-state index in [2.05, 4.69) is 14.9 Å². The molecule has 1 atom stereocenters. The van der Waals surface area contributed by atoms with Crippen molar-refractivity contribution in [1.29, 1.82) is 0 Å². The summed E-state index contributed by atoms with van der Waals surface area (Å²) in [5.41, 5.74) is 6.10. The molecule has 0 aromatic carbocycles. The van der Waals surface area contributed by atoms with Crippen LogP contribution in [0.5, 0.6) is 0 Å². The van der Waals surface area contributed by atoms with Crippen LogP contribution in [0.15, 0.2) is 18.3 Å². The van der Waals surface area contributed by atoms with Crippen LogP contribution in [0.2, 0.25) is 0 Å². The van der Waals surface area contributed by atoms with E-state index in [9.17, 15) is 8.78 Å². The van der Waals surface area contributed by atoms with E-state index in [1.165, 1.54) is 12.3 Å². The molecular weight excluding hydrogens is 382 g/mol. The Morgan fingerprint density at radius 2 is 1.86 bits per heavy atom. The van der Waals surface area contributed by atoms with Gasteiger partial charge in [0.05, 0.1) is 38.2 Å². The zero-order valence-corrected chi connectivity index (χ0v) is 16.2. The lowest BCUT2D eigenvalue weighted by molar-refractivity contribution is 0.0985. The van der Waals surface area contributed by atoms with Crippen LogP contribution in [0, 0.1) is 0 Å². The Hall–Kier alpha value is -2.59. The normalized spacial score (nSPS) is 20.3. The zero-order chi connectivity index (χ0) is 20.4. The molecule has 0 radical (unpaired) electrons. The quantitative estimate of drug-likeness (QED) is 0.826. The minimum Gasteiger partial charge on any atom is -0.384 e. The number of morpholine rings is 2. The molecule has 2 aliphatic rings. The second kappa shape index (κ2) is 8.42. The Bertz CT molecular complexity index is 863. The predicted molar refractivity (Wildman–Crippen MR) is 105 cm³/mol. The lowest BCUT2D eigenvalue weighted by atomic mass is 10.1. The van der Waals surface area contributed by atoms with Gasteiger partial charge in [0.15, 0.2) is 0 Å². The highest BCUT2D eigenvalue weighted by atomic mass is 19.3. The van der Waals surface area contributed by atoms with E-state index in [1.54, 1.807) is 6.07 Å². The van der Waals surface area contributed by atoms with Crippen molar-refractivity contribution >= 4 is 17.6 Å². The molecule has 2 saturated heterocycles. The third-order valence-electron chi connectivity index (χ3n) is 5.12. The van der Waals surface area contributed by atoms with Crippen LogP contribution in [-0.2, 0) is 9.47 Å². The van der Waals surface area contributed by atoms with Crippen LogP contribution in [0.3, 0.4) is 0 Å². The van der Waals surface area contributed by atoms with E-state index >= 15 is 0 Å². The van der Waals surface area contributed by atoms with E-state index in [4.69, 9.17) is 20.2 Å². The molecule has 10 heteroatoms. The van der Waals surface area contributed by atoms with Gasteiger partial charge < -0.3 is 25.0 Å². The van der Waals surface area contributed by atoms with Gasteiger partial charge in [0.25, 0.3) is 6.43 Å². The van der Waals surface area contributed by atoms with Gasteiger partial charge in [-0.25, -0.2) is 18.7 Å². The van der Waals surface area contributed by atoms with Crippen LogP contribution in [-0.4, -0.2) is 67.1 Å². The monoisotopic (exact) mass is 406 g/mol. The zero-order valence-electron chi connectivity index (χ0n) is 16.2. The molecule has 2 aromatic rings. The largest absolute Gasteiger partial charge is 0.384 e. The number of nitrogens with zero attached hydrogens (tertiary/aromatic N) is 5. The molecule has 8 nitrogen and oxygen atoms in total. The topological polar surface area (TPSA) is 89.6 Å². The molecule has 0 spiro atoms. The van der Waals surface area contributed by atoms with Crippen LogP contribution >= 0.6 is 0 Å². The molecule has 2 aromatic heterocycles. The van der Waals surface area contributed by atoms with Gasteiger partial charge in [0.1, 0.15) is 11.6 Å². The first-order valence-corrected chi connectivity index (χ1v) is 9.63. The van der Waals surface area contributed by atoms with Crippen molar-refractivity contribution < 1.29 is 18.3 Å². The lowest BCUT2D eigenvalue weighted by Crippen LogP contribution is -2.44. The van der Waals surface area contributed by atoms with Crippen molar-refractivity contribution in [2.24, 2.45) is 0 Å². The van der Waals surface area contributed by atoms with Gasteiger partial charge >= 0.3 is 0 Å². The lowest BCUT2D eigenvalue weighted by Gasteiger charge is -2.35. The summed E-state index contributed by atoms with van der Waals surface area (Å²) in [5, 5.41) is 0. The Morgan fingerprint density at radius 1 is 1.10 bits per heavy atom. The fourth-order valence-corrected chi connectivity index (χ4v) is 3.56. The van der Waals surface area contributed by atoms with Crippen molar-refractivity contribution in [2.45, 2.75) is 19.4 Å². The highest BCUT2D eigenvalue weighted by Gasteiger charge is 2.25. The third-order valence-corrected chi connectivity index (χ3v) is 5.12. The molecule has 29 heavy (non-hydrogen) atoms. The SMILES string of the molecule is CC1COCCN1c1cc(-c2cnc(N)cc2C(F)F)nc(N2CCOCC2)n1. The summed E-state index contributed by atoms with van der Waals surface area (Å²) >= 11 is 0. The van der Waals surface area contributed by atoms with Crippen molar-refractivity contribution in [2.75, 3.05) is 61.6 Å². The van der Waals surface area contributed by atoms with Gasteiger partial charge in [0, 0.05) is 43.0 Å². The van der Waals surface area contributed by atoms with Crippen molar-refractivity contribution in [3.8, 4) is 11.3 Å². The molecule has 0 aliphatic carbocycles. The first-order valence-electron chi connectivity index (χ1n) is 9.63. The molecule has 0 bridgehead atoms. The summed E-state index contributed by atoms with van der Waals surface area (Å²) in [6, 6.07) is 3.06. The van der Waals surface area contributed by atoms with E-state index < -0.39 is 6.43 Å². The van der Waals surface area contributed by atoms with Gasteiger partial charge in [-0.2, -0.15) is 4.98 Å². The average Bonchev–Trinajstić information content (AvgIpc) is 2.74. The first-order chi connectivity index (χ1) is 14.0. The number of alkyl halides is 2. The molecular formula is C19H24F2N6O2. The summed E-state index contributed by atoms with van der Waals surface area (Å²) in [4.78, 5) is 17.5. The minimum absolute atomic E-state index is 0.0496. The standard InChI is InChI=1S/C19H24F2N6O2/c1-12-11-29-7-4-27(12)17-9-15(14-10-23-16(22)8-13(14)18(20)21)24-19(25-17)26-2-5-28-6-3-26/h8-10,12,18H,2-7,11H2,1H3,(H2,22,23). The van der Waals surface area contributed by atoms with Crippen LogP contribution < -0.4 is 15.5 Å². The van der Waals surface area contributed by atoms with Gasteiger partial charge in [-0.3, -0.25) is 0 Å². The Kier molecular flexibility index (Phi) is 5.72. The Labute approximate surface area is 167 Å². The number of nitrogen functional groups attached to an aromatic ring is 1. The maximum absolute atomic E-state index is 13.7. The van der Waals surface area contributed by atoms with Gasteiger partial charge in [-0.15, -0.1) is 0 Å². The molecule has 0 saturated carbocycles. The molecule has 156 valence electrons. The molecule has 2 aliphatic heterocycles. The van der Waals surface area contributed by atoms with E-state index in [0.717, 1.165) is 0 Å². The van der Waals surface area contributed by atoms with Gasteiger partial charge in [-0.1, -0.05) is 0 Å². The smallest absolute Gasteiger partial charge is 0.264 e. The summed E-state index contributed by atoms with van der Waals surface area (Å²) in [5.74, 6) is 1.23. The third kappa shape index (κ3) is 4.23. The number of nitrogens with two attached hydrogens (primary N) is 1. The summed E-state index contributed by atoms with van der Waals surface area (Å²) in [6.45, 7) is 6.31. The number of pyridine rings is 1. The van der Waals surface area contributed by atoms with Crippen molar-refractivity contribution in [3.05, 3.63) is 23.9 Å². The Morgan fingerprint density at radius 3 is 2.59 bits per heavy atom. The molecule has 4 rings (SSSR count). The van der Waals surface area contributed by atoms with Crippen LogP contribution in [0.4, 0.5) is 26.4 Å². The maximum Gasteiger partial charge on any atom is 0.264 e. The number of rotatable bonds is 4. The van der Waals surface area contributed by atoms with Gasteiger partial charge in [-0.05, 0) is 13.0 Å². The van der Waals surface area contributed by atoms with E-state index in [-0.39, 0.29) is 23.0 Å². The second-order valence-electron chi connectivity index (χ2n) is 7.13. The number of anilines is 3. The fraction of sp³-hybridized carbons (Fsp3) is 0.526. The predicted octanol–water partition coefficient (Wildman–Crippen LogP) is 2.12. The highest BCUT2D eigenvalue weighted by molar-refractivity contribution is 5.69. The van der Waals surface area contributed by atoms with Crippen LogP contribution in [0.25, 0.3) is 11.3 Å². The summed E-state index contributed by atoms with van der Waals surface area (Å²) in [7, 11) is 0. The van der Waals surface area contributed by atoms with Crippen molar-refractivity contribution in [3.63, 3.8) is 0 Å². The number of hydrogen-bond acceptors (Lipinski definition) is 8. The van der Waals surface area contributed by atoms with Gasteiger partial charge in [0.2, 0.25) is 5.95 Å². The molecule has 1 unspecified atom stereocenters. The van der Waals surface area contributed by atoms with Crippen molar-refractivity contribution in [1.82, 2.24) is 15.0 Å². The fourth-order valence-electron chi connectivity index (χ4n) is 3.56. The highest BCUT2D eigenvalue weighted by Crippen LogP contribution is 2.33. The average molecular weight is 406 g/mol. The molecule has 0 amide bonds. The number of hydrogen-bond donors (Lipinski definition) is 1. The first kappa shape index (κ1) is 19.7.